The van der Waals surface area contributed by atoms with Gasteiger partial charge in [0.05, 0.1) is 18.1 Å². The van der Waals surface area contributed by atoms with Gasteiger partial charge in [0.15, 0.2) is 9.84 Å². The molecule has 1 fully saturated rings. The van der Waals surface area contributed by atoms with E-state index in [4.69, 9.17) is 4.74 Å². The van der Waals surface area contributed by atoms with Crippen LogP contribution in [0.5, 0.6) is 0 Å². The van der Waals surface area contributed by atoms with Crippen molar-refractivity contribution < 1.29 is 13.2 Å². The molecule has 2 rings (SSSR count). The molecule has 0 amide bonds. The minimum atomic E-state index is -2.83. The molecule has 0 saturated carbocycles. The molecule has 1 saturated heterocycles. The van der Waals surface area contributed by atoms with E-state index in [1.165, 1.54) is 5.56 Å². The van der Waals surface area contributed by atoms with Gasteiger partial charge in [0.2, 0.25) is 0 Å². The number of nitrogens with one attached hydrogen (secondary N) is 1. The van der Waals surface area contributed by atoms with Crippen molar-refractivity contribution in [1.82, 2.24) is 5.32 Å². The van der Waals surface area contributed by atoms with Crippen molar-refractivity contribution in [2.75, 3.05) is 18.6 Å². The van der Waals surface area contributed by atoms with Crippen LogP contribution in [-0.2, 0) is 27.7 Å². The number of benzene rings is 1. The van der Waals surface area contributed by atoms with Crippen LogP contribution in [0.15, 0.2) is 24.3 Å². The summed E-state index contributed by atoms with van der Waals surface area (Å²) >= 11 is 0. The van der Waals surface area contributed by atoms with E-state index in [1.54, 1.807) is 7.11 Å². The summed E-state index contributed by atoms with van der Waals surface area (Å²) in [5.74, 6) is 0.617. The molecule has 19 heavy (non-hydrogen) atoms. The van der Waals surface area contributed by atoms with Crippen molar-refractivity contribution >= 4 is 9.84 Å². The summed E-state index contributed by atoms with van der Waals surface area (Å²) in [4.78, 5) is 0. The minimum Gasteiger partial charge on any atom is -0.380 e. The van der Waals surface area contributed by atoms with Gasteiger partial charge in [0.1, 0.15) is 0 Å². The predicted molar refractivity (Wildman–Crippen MR) is 75.7 cm³/mol. The fourth-order valence-electron chi connectivity index (χ4n) is 2.37. The Morgan fingerprint density at radius 2 is 1.95 bits per heavy atom. The quantitative estimate of drug-likeness (QED) is 0.890. The first kappa shape index (κ1) is 14.5. The van der Waals surface area contributed by atoms with Crippen molar-refractivity contribution in [2.45, 2.75) is 32.0 Å². The topological polar surface area (TPSA) is 55.4 Å². The van der Waals surface area contributed by atoms with Gasteiger partial charge < -0.3 is 10.1 Å². The third-order valence-electron chi connectivity index (χ3n) is 3.39. The van der Waals surface area contributed by atoms with Crippen LogP contribution >= 0.6 is 0 Å². The molecular formula is C14H21NO3S. The van der Waals surface area contributed by atoms with Crippen molar-refractivity contribution in [3.05, 3.63) is 35.4 Å². The molecule has 0 bridgehead atoms. The zero-order valence-electron chi connectivity index (χ0n) is 11.3. The summed E-state index contributed by atoms with van der Waals surface area (Å²) in [6, 6.07) is 8.28. The summed E-state index contributed by atoms with van der Waals surface area (Å²) in [7, 11) is -1.15. The molecule has 1 heterocycles. The van der Waals surface area contributed by atoms with E-state index in [2.05, 4.69) is 17.4 Å². The smallest absolute Gasteiger partial charge is 0.151 e. The van der Waals surface area contributed by atoms with Gasteiger partial charge in [-0.15, -0.1) is 0 Å². The number of sulfone groups is 1. The van der Waals surface area contributed by atoms with Gasteiger partial charge in [-0.25, -0.2) is 8.42 Å². The Bertz CT molecular complexity index is 496. The average Bonchev–Trinajstić information content (AvgIpc) is 2.37. The van der Waals surface area contributed by atoms with Gasteiger partial charge in [-0.2, -0.15) is 0 Å². The summed E-state index contributed by atoms with van der Waals surface area (Å²) in [6.45, 7) is 1.34. The average molecular weight is 283 g/mol. The summed E-state index contributed by atoms with van der Waals surface area (Å²) in [5.41, 5.74) is 2.31. The highest BCUT2D eigenvalue weighted by molar-refractivity contribution is 7.91. The van der Waals surface area contributed by atoms with Crippen LogP contribution in [0, 0.1) is 0 Å². The third-order valence-corrected chi connectivity index (χ3v) is 5.21. The zero-order valence-corrected chi connectivity index (χ0v) is 12.1. The van der Waals surface area contributed by atoms with E-state index >= 15 is 0 Å². The fourth-order valence-corrected chi connectivity index (χ4v) is 4.04. The first-order valence-electron chi connectivity index (χ1n) is 6.59. The monoisotopic (exact) mass is 283 g/mol. The SMILES string of the molecule is COCc1ccc(CNC2CCCS(=O)(=O)C2)cc1. The molecule has 1 aliphatic heterocycles. The van der Waals surface area contributed by atoms with Gasteiger partial charge in [-0.1, -0.05) is 24.3 Å². The standard InChI is InChI=1S/C14H21NO3S/c1-18-10-13-6-4-12(5-7-13)9-15-14-3-2-8-19(16,17)11-14/h4-7,14-15H,2-3,8-11H2,1H3. The van der Waals surface area contributed by atoms with Crippen LogP contribution < -0.4 is 5.32 Å². The van der Waals surface area contributed by atoms with Crippen LogP contribution in [0.25, 0.3) is 0 Å². The maximum atomic E-state index is 11.5. The second-order valence-corrected chi connectivity index (χ2v) is 7.31. The Hall–Kier alpha value is -0.910. The van der Waals surface area contributed by atoms with Crippen molar-refractivity contribution in [3.63, 3.8) is 0 Å². The Morgan fingerprint density at radius 3 is 2.58 bits per heavy atom. The maximum absolute atomic E-state index is 11.5. The van der Waals surface area contributed by atoms with Crippen LogP contribution in [-0.4, -0.2) is 33.1 Å². The lowest BCUT2D eigenvalue weighted by Crippen LogP contribution is -2.39. The third kappa shape index (κ3) is 4.60. The van der Waals surface area contributed by atoms with Gasteiger partial charge in [0, 0.05) is 19.7 Å². The van der Waals surface area contributed by atoms with Crippen LogP contribution in [0.2, 0.25) is 0 Å². The first-order chi connectivity index (χ1) is 9.09. The minimum absolute atomic E-state index is 0.0948. The van der Waals surface area contributed by atoms with Gasteiger partial charge in [0.25, 0.3) is 0 Å². The second-order valence-electron chi connectivity index (χ2n) is 5.08. The highest BCUT2D eigenvalue weighted by Crippen LogP contribution is 2.13. The number of hydrogen-bond donors (Lipinski definition) is 1. The number of rotatable bonds is 5. The van der Waals surface area contributed by atoms with Crippen LogP contribution in [0.1, 0.15) is 24.0 Å². The lowest BCUT2D eigenvalue weighted by atomic mass is 10.1. The molecule has 0 aliphatic carbocycles. The molecule has 0 radical (unpaired) electrons. The number of methoxy groups -OCH3 is 1. The normalized spacial score (nSPS) is 22.3. The summed E-state index contributed by atoms with van der Waals surface area (Å²) in [6.07, 6.45) is 1.72. The molecule has 5 heteroatoms. The van der Waals surface area contributed by atoms with E-state index in [1.807, 2.05) is 12.1 Å². The summed E-state index contributed by atoms with van der Waals surface area (Å²) in [5, 5.41) is 3.33. The molecule has 1 unspecified atom stereocenters. The Morgan fingerprint density at radius 1 is 1.26 bits per heavy atom. The van der Waals surface area contributed by atoms with Gasteiger partial charge in [-0.05, 0) is 24.0 Å². The Kier molecular flexibility index (Phi) is 4.96. The van der Waals surface area contributed by atoms with E-state index < -0.39 is 9.84 Å². The number of hydrogen-bond acceptors (Lipinski definition) is 4. The van der Waals surface area contributed by atoms with E-state index in [-0.39, 0.29) is 11.8 Å². The fraction of sp³-hybridized carbons (Fsp3) is 0.571. The molecule has 1 aromatic rings. The molecular weight excluding hydrogens is 262 g/mol. The molecule has 106 valence electrons. The molecule has 0 aromatic heterocycles. The lowest BCUT2D eigenvalue weighted by molar-refractivity contribution is 0.185. The van der Waals surface area contributed by atoms with Crippen LogP contribution in [0.3, 0.4) is 0 Å². The molecule has 1 atom stereocenters. The molecule has 4 nitrogen and oxygen atoms in total. The van der Waals surface area contributed by atoms with E-state index in [0.29, 0.717) is 18.9 Å². The lowest BCUT2D eigenvalue weighted by Gasteiger charge is -2.23. The predicted octanol–water partition coefficient (Wildman–Crippen LogP) is 1.50. The van der Waals surface area contributed by atoms with Gasteiger partial charge in [-0.3, -0.25) is 0 Å². The largest absolute Gasteiger partial charge is 0.380 e. The highest BCUT2D eigenvalue weighted by Gasteiger charge is 2.23. The van der Waals surface area contributed by atoms with Crippen molar-refractivity contribution in [3.8, 4) is 0 Å². The maximum Gasteiger partial charge on any atom is 0.151 e. The molecule has 1 aromatic carbocycles. The zero-order chi connectivity index (χ0) is 13.7. The number of ether oxygens (including phenoxy) is 1. The molecule has 0 spiro atoms. The van der Waals surface area contributed by atoms with Crippen LogP contribution in [0.4, 0.5) is 0 Å². The van der Waals surface area contributed by atoms with Crippen molar-refractivity contribution in [1.29, 1.82) is 0 Å². The van der Waals surface area contributed by atoms with Crippen molar-refractivity contribution in [2.24, 2.45) is 0 Å². The Labute approximate surface area is 115 Å². The Balaban J connectivity index is 1.85. The van der Waals surface area contributed by atoms with Gasteiger partial charge >= 0.3 is 0 Å². The van der Waals surface area contributed by atoms with E-state index in [9.17, 15) is 8.42 Å². The van der Waals surface area contributed by atoms with E-state index in [0.717, 1.165) is 18.4 Å². The molecule has 1 N–H and O–H groups in total. The summed E-state index contributed by atoms with van der Waals surface area (Å²) < 4.78 is 28.1. The first-order valence-corrected chi connectivity index (χ1v) is 8.42. The highest BCUT2D eigenvalue weighted by atomic mass is 32.2. The molecule has 1 aliphatic rings. The second kappa shape index (κ2) is 6.50.